The molecule has 0 radical (unpaired) electrons. The van der Waals surface area contributed by atoms with Gasteiger partial charge in [0, 0.05) is 56.9 Å². The van der Waals surface area contributed by atoms with Gasteiger partial charge in [-0.15, -0.1) is 0 Å². The number of piperazine rings is 1. The first-order valence-corrected chi connectivity index (χ1v) is 7.68. The third kappa shape index (κ3) is 2.78. The molecule has 2 aliphatic rings. The molecule has 22 heavy (non-hydrogen) atoms. The van der Waals surface area contributed by atoms with Crippen molar-refractivity contribution in [3.05, 3.63) is 17.0 Å². The number of nitrogens with zero attached hydrogens (tertiary/aromatic N) is 3. The first-order valence-electron chi connectivity index (χ1n) is 7.68. The van der Waals surface area contributed by atoms with E-state index in [1.165, 1.54) is 0 Å². The summed E-state index contributed by atoms with van der Waals surface area (Å²) < 4.78 is 4.98. The molecule has 2 N–H and O–H groups in total. The van der Waals surface area contributed by atoms with Crippen molar-refractivity contribution in [2.24, 2.45) is 0 Å². The number of hydrogen-bond donors (Lipinski definition) is 2. The highest BCUT2D eigenvalue weighted by atomic mass is 16.6. The minimum atomic E-state index is -0.309. The smallest absolute Gasteiger partial charge is 0.409 e. The molecule has 3 rings (SSSR count). The highest BCUT2D eigenvalue weighted by Gasteiger charge is 2.29. The zero-order chi connectivity index (χ0) is 15.5. The van der Waals surface area contributed by atoms with Crippen LogP contribution in [0, 0.1) is 0 Å². The lowest BCUT2D eigenvalue weighted by atomic mass is 10.1. The van der Waals surface area contributed by atoms with Gasteiger partial charge in [-0.05, 0) is 6.92 Å². The number of aromatic amines is 1. The molecule has 0 spiro atoms. The third-order valence-electron chi connectivity index (χ3n) is 4.10. The van der Waals surface area contributed by atoms with E-state index in [1.54, 1.807) is 16.7 Å². The fraction of sp³-hybridized carbons (Fsp3) is 0.643. The number of rotatable bonds is 2. The van der Waals surface area contributed by atoms with Crippen molar-refractivity contribution in [3.8, 4) is 0 Å². The third-order valence-corrected chi connectivity index (χ3v) is 4.10. The molecule has 8 heteroatoms. The minimum absolute atomic E-state index is 0.0651. The molecule has 1 fully saturated rings. The molecule has 1 saturated heterocycles. The van der Waals surface area contributed by atoms with E-state index >= 15 is 0 Å². The Kier molecular flexibility index (Phi) is 4.28. The van der Waals surface area contributed by atoms with E-state index in [-0.39, 0.29) is 12.0 Å². The summed E-state index contributed by atoms with van der Waals surface area (Å²) in [6, 6.07) is 0. The number of hydrogen-bond acceptors (Lipinski definition) is 5. The van der Waals surface area contributed by atoms with Crippen LogP contribution in [0.15, 0.2) is 0 Å². The Labute approximate surface area is 128 Å². The van der Waals surface area contributed by atoms with E-state index in [0.717, 1.165) is 24.2 Å². The van der Waals surface area contributed by atoms with E-state index in [1.807, 2.05) is 0 Å². The SMILES string of the molecule is CCOC(=O)N1CCN(C(=O)c2n[nH]c3c2CNCC3)CC1. The monoisotopic (exact) mass is 307 g/mol. The number of carbonyl (C=O) groups is 2. The normalized spacial score (nSPS) is 18.0. The minimum Gasteiger partial charge on any atom is -0.450 e. The molecular formula is C14H21N5O3. The summed E-state index contributed by atoms with van der Waals surface area (Å²) in [5.41, 5.74) is 2.53. The second kappa shape index (κ2) is 6.35. The van der Waals surface area contributed by atoms with Gasteiger partial charge in [-0.3, -0.25) is 9.89 Å². The average Bonchev–Trinajstić information content (AvgIpc) is 2.98. The number of nitrogens with one attached hydrogen (secondary N) is 2. The zero-order valence-corrected chi connectivity index (χ0v) is 12.7. The molecule has 0 unspecified atom stereocenters. The number of carbonyl (C=O) groups excluding carboxylic acids is 2. The van der Waals surface area contributed by atoms with Crippen LogP contribution in [0.4, 0.5) is 4.79 Å². The van der Waals surface area contributed by atoms with Crippen molar-refractivity contribution >= 4 is 12.0 Å². The predicted octanol–water partition coefficient (Wildman–Crippen LogP) is -0.0303. The van der Waals surface area contributed by atoms with Crippen LogP contribution in [0.2, 0.25) is 0 Å². The van der Waals surface area contributed by atoms with Crippen LogP contribution < -0.4 is 5.32 Å². The molecule has 8 nitrogen and oxygen atoms in total. The topological polar surface area (TPSA) is 90.6 Å². The zero-order valence-electron chi connectivity index (χ0n) is 12.7. The number of aromatic nitrogens is 2. The Bertz CT molecular complexity index is 563. The lowest BCUT2D eigenvalue weighted by Gasteiger charge is -2.33. The second-order valence-electron chi connectivity index (χ2n) is 5.43. The average molecular weight is 307 g/mol. The Morgan fingerprint density at radius 3 is 2.68 bits per heavy atom. The number of H-pyrrole nitrogens is 1. The summed E-state index contributed by atoms with van der Waals surface area (Å²) in [4.78, 5) is 27.7. The lowest BCUT2D eigenvalue weighted by Crippen LogP contribution is -2.51. The molecule has 0 saturated carbocycles. The lowest BCUT2D eigenvalue weighted by molar-refractivity contribution is 0.0565. The van der Waals surface area contributed by atoms with Crippen LogP contribution in [0.25, 0.3) is 0 Å². The number of fused-ring (bicyclic) bond motifs is 1. The van der Waals surface area contributed by atoms with Gasteiger partial charge in [-0.1, -0.05) is 0 Å². The summed E-state index contributed by atoms with van der Waals surface area (Å²) >= 11 is 0. The molecular weight excluding hydrogens is 286 g/mol. The molecule has 0 aliphatic carbocycles. The maximum absolute atomic E-state index is 12.6. The standard InChI is InChI=1S/C14H21N5O3/c1-2-22-14(21)19-7-5-18(6-8-19)13(20)12-10-9-15-4-3-11(10)16-17-12/h15H,2-9H2,1H3,(H,16,17). The summed E-state index contributed by atoms with van der Waals surface area (Å²) in [5, 5.41) is 10.4. The van der Waals surface area contributed by atoms with E-state index < -0.39 is 0 Å². The van der Waals surface area contributed by atoms with Crippen LogP contribution >= 0.6 is 0 Å². The van der Waals surface area contributed by atoms with Gasteiger partial charge < -0.3 is 19.9 Å². The summed E-state index contributed by atoms with van der Waals surface area (Å²) in [7, 11) is 0. The maximum Gasteiger partial charge on any atom is 0.409 e. The molecule has 1 aromatic heterocycles. The molecule has 2 aliphatic heterocycles. The van der Waals surface area contributed by atoms with E-state index in [4.69, 9.17) is 4.74 Å². The molecule has 1 aromatic rings. The predicted molar refractivity (Wildman–Crippen MR) is 78.5 cm³/mol. The van der Waals surface area contributed by atoms with Gasteiger partial charge in [0.2, 0.25) is 0 Å². The second-order valence-corrected chi connectivity index (χ2v) is 5.43. The highest BCUT2D eigenvalue weighted by Crippen LogP contribution is 2.18. The van der Waals surface area contributed by atoms with Crippen LogP contribution in [-0.2, 0) is 17.7 Å². The number of amides is 2. The van der Waals surface area contributed by atoms with Crippen LogP contribution in [0.5, 0.6) is 0 Å². The van der Waals surface area contributed by atoms with E-state index in [9.17, 15) is 9.59 Å². The molecule has 2 amide bonds. The van der Waals surface area contributed by atoms with Crippen molar-refractivity contribution in [1.82, 2.24) is 25.3 Å². The van der Waals surface area contributed by atoms with Gasteiger partial charge in [0.15, 0.2) is 5.69 Å². The fourth-order valence-corrected chi connectivity index (χ4v) is 2.86. The molecule has 120 valence electrons. The van der Waals surface area contributed by atoms with Gasteiger partial charge in [-0.25, -0.2) is 4.79 Å². The highest BCUT2D eigenvalue weighted by molar-refractivity contribution is 5.94. The Hall–Kier alpha value is -2.09. The van der Waals surface area contributed by atoms with Crippen molar-refractivity contribution in [2.45, 2.75) is 19.9 Å². The quantitative estimate of drug-likeness (QED) is 0.801. The molecule has 3 heterocycles. The van der Waals surface area contributed by atoms with Gasteiger partial charge in [0.25, 0.3) is 5.91 Å². The number of ether oxygens (including phenoxy) is 1. The largest absolute Gasteiger partial charge is 0.450 e. The van der Waals surface area contributed by atoms with Crippen molar-refractivity contribution in [2.75, 3.05) is 39.3 Å². The Morgan fingerprint density at radius 1 is 1.23 bits per heavy atom. The summed E-state index contributed by atoms with van der Waals surface area (Å²) in [6.07, 6.45) is 0.558. The van der Waals surface area contributed by atoms with Gasteiger partial charge >= 0.3 is 6.09 Å². The van der Waals surface area contributed by atoms with E-state index in [2.05, 4.69) is 15.5 Å². The van der Waals surface area contributed by atoms with Crippen LogP contribution in [0.3, 0.4) is 0 Å². The summed E-state index contributed by atoms with van der Waals surface area (Å²) in [5.74, 6) is -0.0651. The first-order chi connectivity index (χ1) is 10.7. The van der Waals surface area contributed by atoms with Crippen LogP contribution in [0.1, 0.15) is 28.7 Å². The van der Waals surface area contributed by atoms with Crippen molar-refractivity contribution in [3.63, 3.8) is 0 Å². The summed E-state index contributed by atoms with van der Waals surface area (Å²) in [6.45, 7) is 5.73. The Morgan fingerprint density at radius 2 is 1.95 bits per heavy atom. The van der Waals surface area contributed by atoms with Gasteiger partial charge in [0.05, 0.1) is 6.61 Å². The fourth-order valence-electron chi connectivity index (χ4n) is 2.86. The molecule has 0 aromatic carbocycles. The van der Waals surface area contributed by atoms with Crippen molar-refractivity contribution < 1.29 is 14.3 Å². The first kappa shape index (κ1) is 14.8. The van der Waals surface area contributed by atoms with Gasteiger partial charge in [0.1, 0.15) is 0 Å². The van der Waals surface area contributed by atoms with Gasteiger partial charge in [-0.2, -0.15) is 5.10 Å². The molecule has 0 bridgehead atoms. The molecule has 0 atom stereocenters. The maximum atomic E-state index is 12.6. The van der Waals surface area contributed by atoms with Crippen molar-refractivity contribution in [1.29, 1.82) is 0 Å². The van der Waals surface area contributed by atoms with E-state index in [0.29, 0.717) is 45.0 Å². The Balaban J connectivity index is 1.63. The van der Waals surface area contributed by atoms with Crippen LogP contribution in [-0.4, -0.2) is 71.3 Å².